The summed E-state index contributed by atoms with van der Waals surface area (Å²) in [6, 6.07) is 18.8. The number of carbonyl (C=O) groups excluding carboxylic acids is 1. The van der Waals surface area contributed by atoms with E-state index in [0.717, 1.165) is 16.1 Å². The van der Waals surface area contributed by atoms with Gasteiger partial charge in [-0.15, -0.1) is 11.3 Å². The van der Waals surface area contributed by atoms with Crippen molar-refractivity contribution >= 4 is 34.5 Å². The van der Waals surface area contributed by atoms with E-state index in [0.29, 0.717) is 10.8 Å². The van der Waals surface area contributed by atoms with E-state index in [9.17, 15) is 4.79 Å². The van der Waals surface area contributed by atoms with Gasteiger partial charge in [-0.05, 0) is 42.6 Å². The molecular weight excluding hydrogens is 342 g/mol. The number of para-hydroxylation sites is 1. The number of rotatable bonds is 5. The molecule has 24 heavy (non-hydrogen) atoms. The van der Waals surface area contributed by atoms with Gasteiger partial charge in [0.1, 0.15) is 5.75 Å². The number of hydrogen-bond acceptors (Lipinski definition) is 3. The second-order valence-corrected chi connectivity index (χ2v) is 6.61. The molecule has 1 unspecified atom stereocenters. The maximum Gasteiger partial charge on any atom is 0.265 e. The largest absolute Gasteiger partial charge is 0.481 e. The number of carbonyl (C=O) groups is 1. The Balaban J connectivity index is 1.73. The number of anilines is 1. The first-order valence-corrected chi connectivity index (χ1v) is 8.75. The van der Waals surface area contributed by atoms with Gasteiger partial charge in [-0.3, -0.25) is 4.79 Å². The maximum atomic E-state index is 12.5. The number of halogens is 1. The normalized spacial score (nSPS) is 11.8. The Bertz CT molecular complexity index is 833. The first kappa shape index (κ1) is 16.6. The molecule has 1 atom stereocenters. The van der Waals surface area contributed by atoms with Crippen LogP contribution >= 0.6 is 22.9 Å². The van der Waals surface area contributed by atoms with Crippen LogP contribution in [0.5, 0.6) is 5.75 Å². The minimum absolute atomic E-state index is 0.209. The standard InChI is InChI=1S/C19H16ClNO2S/c1-13(23-15-7-4-6-14(20)12-15)19(22)21-17-9-3-2-8-16(17)18-10-5-11-24-18/h2-13H,1H3,(H,21,22). The summed E-state index contributed by atoms with van der Waals surface area (Å²) in [5.41, 5.74) is 1.77. The third-order valence-corrected chi connectivity index (χ3v) is 4.59. The van der Waals surface area contributed by atoms with E-state index in [2.05, 4.69) is 5.32 Å². The lowest BCUT2D eigenvalue weighted by Crippen LogP contribution is -2.30. The van der Waals surface area contributed by atoms with Gasteiger partial charge in [-0.2, -0.15) is 0 Å². The average Bonchev–Trinajstić information content (AvgIpc) is 3.09. The molecule has 2 aromatic carbocycles. The lowest BCUT2D eigenvalue weighted by molar-refractivity contribution is -0.122. The van der Waals surface area contributed by atoms with E-state index < -0.39 is 6.10 Å². The van der Waals surface area contributed by atoms with Crippen LogP contribution in [0, 0.1) is 0 Å². The molecule has 0 saturated heterocycles. The molecule has 5 heteroatoms. The number of amides is 1. The number of hydrogen-bond donors (Lipinski definition) is 1. The van der Waals surface area contributed by atoms with Crippen LogP contribution in [-0.2, 0) is 4.79 Å². The van der Waals surface area contributed by atoms with Gasteiger partial charge >= 0.3 is 0 Å². The van der Waals surface area contributed by atoms with Crippen molar-refractivity contribution in [3.63, 3.8) is 0 Å². The van der Waals surface area contributed by atoms with Gasteiger partial charge in [0, 0.05) is 21.2 Å². The van der Waals surface area contributed by atoms with Crippen molar-refractivity contribution in [2.75, 3.05) is 5.32 Å². The van der Waals surface area contributed by atoms with Crippen molar-refractivity contribution < 1.29 is 9.53 Å². The fourth-order valence-electron chi connectivity index (χ4n) is 2.27. The molecule has 1 aromatic heterocycles. The Kier molecular flexibility index (Phi) is 5.18. The number of thiophene rings is 1. The van der Waals surface area contributed by atoms with Crippen LogP contribution in [0.2, 0.25) is 5.02 Å². The Morgan fingerprint density at radius 2 is 1.96 bits per heavy atom. The van der Waals surface area contributed by atoms with Gasteiger partial charge in [0.2, 0.25) is 0 Å². The van der Waals surface area contributed by atoms with Crippen LogP contribution in [0.25, 0.3) is 10.4 Å². The van der Waals surface area contributed by atoms with Gasteiger partial charge in [0.15, 0.2) is 6.10 Å². The highest BCUT2D eigenvalue weighted by atomic mass is 35.5. The van der Waals surface area contributed by atoms with Gasteiger partial charge in [0.25, 0.3) is 5.91 Å². The smallest absolute Gasteiger partial charge is 0.265 e. The quantitative estimate of drug-likeness (QED) is 0.657. The molecule has 0 radical (unpaired) electrons. The molecule has 0 saturated carbocycles. The Morgan fingerprint density at radius 3 is 2.71 bits per heavy atom. The van der Waals surface area contributed by atoms with Crippen molar-refractivity contribution in [3.05, 3.63) is 71.1 Å². The predicted molar refractivity (Wildman–Crippen MR) is 99.9 cm³/mol. The molecule has 0 spiro atoms. The molecule has 0 aliphatic rings. The summed E-state index contributed by atoms with van der Waals surface area (Å²) in [4.78, 5) is 13.6. The van der Waals surface area contributed by atoms with Crippen molar-refractivity contribution in [2.45, 2.75) is 13.0 Å². The molecule has 1 amide bonds. The van der Waals surface area contributed by atoms with Gasteiger partial charge in [-0.25, -0.2) is 0 Å². The highest BCUT2D eigenvalue weighted by molar-refractivity contribution is 7.13. The molecule has 1 N–H and O–H groups in total. The van der Waals surface area contributed by atoms with E-state index in [1.54, 1.807) is 42.5 Å². The van der Waals surface area contributed by atoms with Gasteiger partial charge < -0.3 is 10.1 Å². The molecule has 3 aromatic rings. The zero-order valence-electron chi connectivity index (χ0n) is 13.0. The van der Waals surface area contributed by atoms with Crippen LogP contribution < -0.4 is 10.1 Å². The summed E-state index contributed by atoms with van der Waals surface area (Å²) >= 11 is 7.57. The molecule has 0 fully saturated rings. The van der Waals surface area contributed by atoms with Crippen LogP contribution in [0.15, 0.2) is 66.0 Å². The second-order valence-electron chi connectivity index (χ2n) is 5.23. The summed E-state index contributed by atoms with van der Waals surface area (Å²) in [5.74, 6) is 0.357. The third-order valence-electron chi connectivity index (χ3n) is 3.45. The lowest BCUT2D eigenvalue weighted by atomic mass is 10.1. The van der Waals surface area contributed by atoms with E-state index in [4.69, 9.17) is 16.3 Å². The van der Waals surface area contributed by atoms with E-state index >= 15 is 0 Å². The summed E-state index contributed by atoms with van der Waals surface area (Å²) < 4.78 is 5.67. The second kappa shape index (κ2) is 7.51. The molecule has 0 aliphatic heterocycles. The molecule has 0 bridgehead atoms. The van der Waals surface area contributed by atoms with Gasteiger partial charge in [-0.1, -0.05) is 41.9 Å². The monoisotopic (exact) mass is 357 g/mol. The molecule has 1 heterocycles. The minimum Gasteiger partial charge on any atom is -0.481 e. The Hall–Kier alpha value is -2.30. The maximum absolute atomic E-state index is 12.5. The topological polar surface area (TPSA) is 38.3 Å². The van der Waals surface area contributed by atoms with Crippen molar-refractivity contribution in [1.82, 2.24) is 0 Å². The van der Waals surface area contributed by atoms with Crippen molar-refractivity contribution in [2.24, 2.45) is 0 Å². The lowest BCUT2D eigenvalue weighted by Gasteiger charge is -2.16. The molecule has 3 rings (SSSR count). The summed E-state index contributed by atoms with van der Waals surface area (Å²) in [6.07, 6.45) is -0.639. The average molecular weight is 358 g/mol. The van der Waals surface area contributed by atoms with Crippen LogP contribution in [0.3, 0.4) is 0 Å². The Labute approximate surface area is 149 Å². The number of ether oxygens (including phenoxy) is 1. The van der Waals surface area contributed by atoms with Crippen molar-refractivity contribution in [1.29, 1.82) is 0 Å². The molecule has 3 nitrogen and oxygen atoms in total. The van der Waals surface area contributed by atoms with E-state index in [1.807, 2.05) is 41.8 Å². The van der Waals surface area contributed by atoms with Crippen LogP contribution in [-0.4, -0.2) is 12.0 Å². The van der Waals surface area contributed by atoms with E-state index in [1.165, 1.54) is 0 Å². The van der Waals surface area contributed by atoms with Gasteiger partial charge in [0.05, 0.1) is 0 Å². The molecular formula is C19H16ClNO2S. The Morgan fingerprint density at radius 1 is 1.12 bits per heavy atom. The SMILES string of the molecule is CC(Oc1cccc(Cl)c1)C(=O)Nc1ccccc1-c1cccs1. The minimum atomic E-state index is -0.639. The fraction of sp³-hybridized carbons (Fsp3) is 0.105. The first-order valence-electron chi connectivity index (χ1n) is 7.49. The zero-order chi connectivity index (χ0) is 16.9. The predicted octanol–water partition coefficient (Wildman–Crippen LogP) is 5.47. The summed E-state index contributed by atoms with van der Waals surface area (Å²) in [5, 5.41) is 5.53. The molecule has 122 valence electrons. The third kappa shape index (κ3) is 3.96. The summed E-state index contributed by atoms with van der Waals surface area (Å²) in [6.45, 7) is 1.71. The number of nitrogens with one attached hydrogen (secondary N) is 1. The highest BCUT2D eigenvalue weighted by Gasteiger charge is 2.17. The first-order chi connectivity index (χ1) is 11.6. The fourth-order valence-corrected chi connectivity index (χ4v) is 3.22. The van der Waals surface area contributed by atoms with E-state index in [-0.39, 0.29) is 5.91 Å². The summed E-state index contributed by atoms with van der Waals surface area (Å²) in [7, 11) is 0. The molecule has 0 aliphatic carbocycles. The number of benzene rings is 2. The van der Waals surface area contributed by atoms with Crippen molar-refractivity contribution in [3.8, 4) is 16.2 Å². The highest BCUT2D eigenvalue weighted by Crippen LogP contribution is 2.31. The zero-order valence-corrected chi connectivity index (χ0v) is 14.6. The van der Waals surface area contributed by atoms with Crippen LogP contribution in [0.4, 0.5) is 5.69 Å². The van der Waals surface area contributed by atoms with Crippen LogP contribution in [0.1, 0.15) is 6.92 Å².